The van der Waals surface area contributed by atoms with Gasteiger partial charge in [-0.15, -0.1) is 0 Å². The van der Waals surface area contributed by atoms with Crippen LogP contribution in [0.5, 0.6) is 0 Å². The number of carbonyl (C=O) groups is 1. The van der Waals surface area contributed by atoms with Gasteiger partial charge in [0.2, 0.25) is 5.91 Å². The van der Waals surface area contributed by atoms with Crippen molar-refractivity contribution in [2.75, 3.05) is 6.54 Å². The summed E-state index contributed by atoms with van der Waals surface area (Å²) in [5.74, 6) is 0.504. The van der Waals surface area contributed by atoms with Gasteiger partial charge in [0, 0.05) is 18.9 Å². The molecule has 0 aliphatic rings. The van der Waals surface area contributed by atoms with Crippen LogP contribution in [0.2, 0.25) is 0 Å². The molecule has 0 aromatic heterocycles. The monoisotopic (exact) mass is 229 g/mol. The molecule has 16 heavy (non-hydrogen) atoms. The van der Waals surface area contributed by atoms with Gasteiger partial charge >= 0.3 is 0 Å². The van der Waals surface area contributed by atoms with Crippen LogP contribution in [-0.2, 0) is 4.79 Å². The lowest BCUT2D eigenvalue weighted by Gasteiger charge is -2.12. The zero-order chi connectivity index (χ0) is 12.4. The maximum Gasteiger partial charge on any atom is 0.223 e. The zero-order valence-electron chi connectivity index (χ0n) is 10.2. The highest BCUT2D eigenvalue weighted by atomic mass is 16.4. The van der Waals surface area contributed by atoms with Crippen LogP contribution in [0.15, 0.2) is 5.16 Å². The SMILES string of the molecule is CCC(CC)C(=O)NCCCCC(N)=NO. The van der Waals surface area contributed by atoms with E-state index in [0.717, 1.165) is 25.7 Å². The van der Waals surface area contributed by atoms with Crippen molar-refractivity contribution in [2.45, 2.75) is 46.0 Å². The Hall–Kier alpha value is -1.26. The first kappa shape index (κ1) is 14.7. The standard InChI is InChI=1S/C11H23N3O2/c1-3-9(4-2)11(15)13-8-6-5-7-10(12)14-16/h9,16H,3-8H2,1-2H3,(H2,12,14)(H,13,15). The molecule has 0 rings (SSSR count). The summed E-state index contributed by atoms with van der Waals surface area (Å²) in [6.07, 6.45) is 4.00. The zero-order valence-corrected chi connectivity index (χ0v) is 10.2. The Bertz CT molecular complexity index is 225. The van der Waals surface area contributed by atoms with Gasteiger partial charge in [-0.3, -0.25) is 4.79 Å². The number of nitrogens with two attached hydrogens (primary N) is 1. The van der Waals surface area contributed by atoms with E-state index in [0.29, 0.717) is 13.0 Å². The van der Waals surface area contributed by atoms with E-state index >= 15 is 0 Å². The molecule has 1 amide bonds. The Morgan fingerprint density at radius 1 is 1.38 bits per heavy atom. The molecule has 0 aromatic rings. The number of amidine groups is 1. The fourth-order valence-corrected chi connectivity index (χ4v) is 1.50. The largest absolute Gasteiger partial charge is 0.409 e. The predicted octanol–water partition coefficient (Wildman–Crippen LogP) is 1.46. The Labute approximate surface area is 97.1 Å². The van der Waals surface area contributed by atoms with Gasteiger partial charge in [0.15, 0.2) is 0 Å². The number of nitrogens with zero attached hydrogens (tertiary/aromatic N) is 1. The molecule has 0 atom stereocenters. The molecular formula is C11H23N3O2. The summed E-state index contributed by atoms with van der Waals surface area (Å²) in [7, 11) is 0. The van der Waals surface area contributed by atoms with Crippen molar-refractivity contribution >= 4 is 11.7 Å². The van der Waals surface area contributed by atoms with Crippen molar-refractivity contribution in [3.63, 3.8) is 0 Å². The fraction of sp³-hybridized carbons (Fsp3) is 0.818. The number of hydrogen-bond donors (Lipinski definition) is 3. The quantitative estimate of drug-likeness (QED) is 0.193. The molecule has 0 saturated carbocycles. The average molecular weight is 229 g/mol. The maximum absolute atomic E-state index is 11.6. The van der Waals surface area contributed by atoms with E-state index in [4.69, 9.17) is 10.9 Å². The number of amides is 1. The van der Waals surface area contributed by atoms with Crippen molar-refractivity contribution in [2.24, 2.45) is 16.8 Å². The molecule has 0 aliphatic carbocycles. The minimum Gasteiger partial charge on any atom is -0.409 e. The Morgan fingerprint density at radius 2 is 2.00 bits per heavy atom. The topological polar surface area (TPSA) is 87.7 Å². The number of hydrogen-bond acceptors (Lipinski definition) is 3. The predicted molar refractivity (Wildman–Crippen MR) is 64.3 cm³/mol. The minimum absolute atomic E-state index is 0.129. The van der Waals surface area contributed by atoms with Crippen molar-refractivity contribution in [3.8, 4) is 0 Å². The second-order valence-electron chi connectivity index (χ2n) is 3.85. The van der Waals surface area contributed by atoms with E-state index in [-0.39, 0.29) is 17.7 Å². The van der Waals surface area contributed by atoms with Crippen LogP contribution in [0.4, 0.5) is 0 Å². The van der Waals surface area contributed by atoms with Gasteiger partial charge in [0.25, 0.3) is 0 Å². The summed E-state index contributed by atoms with van der Waals surface area (Å²) in [5.41, 5.74) is 5.32. The number of carbonyl (C=O) groups excluding carboxylic acids is 1. The van der Waals surface area contributed by atoms with Gasteiger partial charge < -0.3 is 16.3 Å². The first-order chi connectivity index (χ1) is 7.65. The van der Waals surface area contributed by atoms with Gasteiger partial charge in [0.05, 0.1) is 0 Å². The lowest BCUT2D eigenvalue weighted by atomic mass is 10.0. The number of unbranched alkanes of at least 4 members (excludes halogenated alkanes) is 1. The smallest absolute Gasteiger partial charge is 0.223 e. The molecule has 0 bridgehead atoms. The molecule has 0 radical (unpaired) electrons. The third kappa shape index (κ3) is 6.27. The Kier molecular flexibility index (Phi) is 8.29. The molecule has 5 heteroatoms. The van der Waals surface area contributed by atoms with Crippen LogP contribution in [0, 0.1) is 5.92 Å². The van der Waals surface area contributed by atoms with Crippen LogP contribution in [0.1, 0.15) is 46.0 Å². The molecule has 0 unspecified atom stereocenters. The Morgan fingerprint density at radius 3 is 2.50 bits per heavy atom. The highest BCUT2D eigenvalue weighted by Crippen LogP contribution is 2.06. The first-order valence-electron chi connectivity index (χ1n) is 5.89. The van der Waals surface area contributed by atoms with Crippen LogP contribution >= 0.6 is 0 Å². The number of nitrogens with one attached hydrogen (secondary N) is 1. The molecule has 0 aromatic carbocycles. The maximum atomic E-state index is 11.6. The molecule has 5 nitrogen and oxygen atoms in total. The van der Waals surface area contributed by atoms with E-state index < -0.39 is 0 Å². The summed E-state index contributed by atoms with van der Waals surface area (Å²) < 4.78 is 0. The van der Waals surface area contributed by atoms with Gasteiger partial charge in [-0.05, 0) is 25.7 Å². The lowest BCUT2D eigenvalue weighted by Crippen LogP contribution is -2.30. The van der Waals surface area contributed by atoms with Crippen molar-refractivity contribution in [1.29, 1.82) is 0 Å². The third-order valence-electron chi connectivity index (χ3n) is 2.64. The second kappa shape index (κ2) is 9.00. The van der Waals surface area contributed by atoms with Crippen LogP contribution in [0.3, 0.4) is 0 Å². The normalized spacial score (nSPS) is 11.8. The van der Waals surface area contributed by atoms with E-state index in [1.807, 2.05) is 13.8 Å². The van der Waals surface area contributed by atoms with Crippen molar-refractivity contribution in [1.82, 2.24) is 5.32 Å². The molecule has 0 aliphatic heterocycles. The number of oxime groups is 1. The van der Waals surface area contributed by atoms with Gasteiger partial charge in [-0.25, -0.2) is 0 Å². The summed E-state index contributed by atoms with van der Waals surface area (Å²) in [4.78, 5) is 11.6. The molecule has 0 heterocycles. The van der Waals surface area contributed by atoms with Gasteiger partial charge in [0.1, 0.15) is 5.84 Å². The lowest BCUT2D eigenvalue weighted by molar-refractivity contribution is -0.125. The van der Waals surface area contributed by atoms with Crippen LogP contribution in [0.25, 0.3) is 0 Å². The second-order valence-corrected chi connectivity index (χ2v) is 3.85. The van der Waals surface area contributed by atoms with E-state index in [2.05, 4.69) is 10.5 Å². The summed E-state index contributed by atoms with van der Waals surface area (Å²) >= 11 is 0. The van der Waals surface area contributed by atoms with Crippen LogP contribution < -0.4 is 11.1 Å². The molecule has 0 fully saturated rings. The minimum atomic E-state index is 0.129. The van der Waals surface area contributed by atoms with E-state index in [1.54, 1.807) is 0 Å². The average Bonchev–Trinajstić information content (AvgIpc) is 2.29. The number of rotatable bonds is 8. The molecule has 4 N–H and O–H groups in total. The van der Waals surface area contributed by atoms with Crippen molar-refractivity contribution < 1.29 is 10.0 Å². The highest BCUT2D eigenvalue weighted by Gasteiger charge is 2.12. The van der Waals surface area contributed by atoms with E-state index in [9.17, 15) is 4.79 Å². The Balaban J connectivity index is 3.55. The highest BCUT2D eigenvalue weighted by molar-refractivity contribution is 5.79. The molecular weight excluding hydrogens is 206 g/mol. The third-order valence-corrected chi connectivity index (χ3v) is 2.64. The summed E-state index contributed by atoms with van der Waals surface area (Å²) in [5, 5.41) is 14.1. The van der Waals surface area contributed by atoms with Crippen molar-refractivity contribution in [3.05, 3.63) is 0 Å². The van der Waals surface area contributed by atoms with Gasteiger partial charge in [-0.1, -0.05) is 19.0 Å². The summed E-state index contributed by atoms with van der Waals surface area (Å²) in [6.45, 7) is 4.70. The molecule has 0 saturated heterocycles. The molecule has 0 spiro atoms. The first-order valence-corrected chi connectivity index (χ1v) is 5.89. The van der Waals surface area contributed by atoms with E-state index in [1.165, 1.54) is 0 Å². The van der Waals surface area contributed by atoms with Gasteiger partial charge in [-0.2, -0.15) is 0 Å². The molecule has 94 valence electrons. The summed E-state index contributed by atoms with van der Waals surface area (Å²) in [6, 6.07) is 0. The fourth-order valence-electron chi connectivity index (χ4n) is 1.50. The van der Waals surface area contributed by atoms with Crippen LogP contribution in [-0.4, -0.2) is 23.5 Å².